The highest BCUT2D eigenvalue weighted by Gasteiger charge is 2.29. The summed E-state index contributed by atoms with van der Waals surface area (Å²) in [6.07, 6.45) is 0. The van der Waals surface area contributed by atoms with Gasteiger partial charge in [0.05, 0.1) is 0 Å². The van der Waals surface area contributed by atoms with Crippen molar-refractivity contribution in [2.45, 2.75) is 25.3 Å². The van der Waals surface area contributed by atoms with Gasteiger partial charge in [-0.15, -0.1) is 0 Å². The summed E-state index contributed by atoms with van der Waals surface area (Å²) in [7, 11) is -3.89. The van der Waals surface area contributed by atoms with Crippen molar-refractivity contribution >= 4 is 27.6 Å². The second-order valence-corrected chi connectivity index (χ2v) is 7.17. The van der Waals surface area contributed by atoms with E-state index in [1.54, 1.807) is 31.2 Å². The first-order valence-corrected chi connectivity index (χ1v) is 8.66. The van der Waals surface area contributed by atoms with E-state index in [4.69, 9.17) is 21.1 Å². The fourth-order valence-corrected chi connectivity index (χ4v) is 3.93. The molecule has 0 saturated carbocycles. The van der Waals surface area contributed by atoms with Gasteiger partial charge in [-0.3, -0.25) is 0 Å². The lowest BCUT2D eigenvalue weighted by atomic mass is 10.2. The molecule has 1 N–H and O–H groups in total. The molecule has 2 aromatic rings. The highest BCUT2D eigenvalue weighted by Crippen LogP contribution is 2.26. The van der Waals surface area contributed by atoms with Gasteiger partial charge in [-0.25, -0.2) is 13.2 Å². The van der Waals surface area contributed by atoms with E-state index in [2.05, 4.69) is 0 Å². The zero-order chi connectivity index (χ0) is 17.2. The average molecular weight is 358 g/mol. The van der Waals surface area contributed by atoms with Crippen LogP contribution in [0, 0.1) is 6.92 Å². The molecule has 0 aliphatic rings. The Morgan fingerprint density at radius 2 is 2.00 bits per heavy atom. The van der Waals surface area contributed by atoms with Gasteiger partial charge in [-0.05, 0) is 18.6 Å². The van der Waals surface area contributed by atoms with Crippen molar-refractivity contribution < 1.29 is 22.7 Å². The molecule has 124 valence electrons. The molecular weight excluding hydrogens is 342 g/mol. The fourth-order valence-electron chi connectivity index (χ4n) is 2.15. The number of sulfonamides is 1. The Kier molecular flexibility index (Phi) is 5.13. The molecule has 0 atom stereocenters. The second kappa shape index (κ2) is 6.74. The largest absolute Gasteiger partial charge is 0.475 e. The summed E-state index contributed by atoms with van der Waals surface area (Å²) in [4.78, 5) is 10.8. The SMILES string of the molecule is CCN(Cc1ccccc1Cl)S(=O)(=O)c1cc(C(=O)O)oc1C. The third kappa shape index (κ3) is 3.57. The van der Waals surface area contributed by atoms with Crippen LogP contribution in [0.15, 0.2) is 39.6 Å². The van der Waals surface area contributed by atoms with Crippen molar-refractivity contribution in [3.05, 3.63) is 52.4 Å². The number of nitrogens with zero attached hydrogens (tertiary/aromatic N) is 1. The fraction of sp³-hybridized carbons (Fsp3) is 0.267. The molecule has 6 nitrogen and oxygen atoms in total. The van der Waals surface area contributed by atoms with Gasteiger partial charge >= 0.3 is 5.97 Å². The van der Waals surface area contributed by atoms with Crippen LogP contribution in [0.1, 0.15) is 28.8 Å². The van der Waals surface area contributed by atoms with Gasteiger partial charge in [-0.1, -0.05) is 36.7 Å². The van der Waals surface area contributed by atoms with Gasteiger partial charge in [0.15, 0.2) is 0 Å². The molecule has 0 aliphatic heterocycles. The van der Waals surface area contributed by atoms with Crippen molar-refractivity contribution in [2.75, 3.05) is 6.54 Å². The molecule has 1 heterocycles. The number of carbonyl (C=O) groups is 1. The highest BCUT2D eigenvalue weighted by molar-refractivity contribution is 7.89. The number of hydrogen-bond acceptors (Lipinski definition) is 4. The molecule has 0 unspecified atom stereocenters. The normalized spacial score (nSPS) is 11.8. The van der Waals surface area contributed by atoms with Gasteiger partial charge in [0, 0.05) is 24.2 Å². The maximum Gasteiger partial charge on any atom is 0.371 e. The van der Waals surface area contributed by atoms with Crippen LogP contribution >= 0.6 is 11.6 Å². The van der Waals surface area contributed by atoms with Crippen molar-refractivity contribution in [3.8, 4) is 0 Å². The minimum atomic E-state index is -3.89. The molecule has 0 amide bonds. The molecule has 0 aliphatic carbocycles. The predicted octanol–water partition coefficient (Wildman–Crippen LogP) is 3.15. The Hall–Kier alpha value is -1.83. The average Bonchev–Trinajstić information content (AvgIpc) is 2.89. The number of aryl methyl sites for hydroxylation is 1. The summed E-state index contributed by atoms with van der Waals surface area (Å²) in [5, 5.41) is 9.40. The van der Waals surface area contributed by atoms with Crippen LogP contribution in [-0.4, -0.2) is 30.3 Å². The van der Waals surface area contributed by atoms with Crippen molar-refractivity contribution in [3.63, 3.8) is 0 Å². The smallest absolute Gasteiger partial charge is 0.371 e. The van der Waals surface area contributed by atoms with Crippen molar-refractivity contribution in [2.24, 2.45) is 0 Å². The van der Waals surface area contributed by atoms with Crippen LogP contribution in [-0.2, 0) is 16.6 Å². The Bertz CT molecular complexity index is 828. The zero-order valence-electron chi connectivity index (χ0n) is 12.6. The van der Waals surface area contributed by atoms with E-state index in [1.165, 1.54) is 11.2 Å². The first-order chi connectivity index (χ1) is 10.8. The quantitative estimate of drug-likeness (QED) is 0.857. The van der Waals surface area contributed by atoms with Crippen LogP contribution in [0.3, 0.4) is 0 Å². The van der Waals surface area contributed by atoms with E-state index in [0.29, 0.717) is 10.6 Å². The van der Waals surface area contributed by atoms with Gasteiger partial charge in [0.25, 0.3) is 0 Å². The van der Waals surface area contributed by atoms with Crippen LogP contribution in [0.5, 0.6) is 0 Å². The molecular formula is C15H16ClNO5S. The summed E-state index contributed by atoms with van der Waals surface area (Å²) in [6, 6.07) is 7.99. The van der Waals surface area contributed by atoms with Gasteiger partial charge < -0.3 is 9.52 Å². The van der Waals surface area contributed by atoms with Crippen molar-refractivity contribution in [1.82, 2.24) is 4.31 Å². The first kappa shape index (κ1) is 17.5. The molecule has 0 fully saturated rings. The van der Waals surface area contributed by atoms with E-state index < -0.39 is 21.8 Å². The van der Waals surface area contributed by atoms with Gasteiger partial charge in [0.1, 0.15) is 10.7 Å². The number of hydrogen-bond donors (Lipinski definition) is 1. The molecule has 0 bridgehead atoms. The number of benzene rings is 1. The predicted molar refractivity (Wildman–Crippen MR) is 85.1 cm³/mol. The molecule has 0 radical (unpaired) electrons. The Labute approximate surface area is 139 Å². The standard InChI is InChI=1S/C15H16ClNO5S/c1-3-17(9-11-6-4-5-7-12(11)16)23(20,21)14-8-13(15(18)19)22-10(14)2/h4-8H,3,9H2,1-2H3,(H,18,19). The maximum absolute atomic E-state index is 12.8. The lowest BCUT2D eigenvalue weighted by molar-refractivity contribution is 0.0661. The topological polar surface area (TPSA) is 87.8 Å². The molecule has 23 heavy (non-hydrogen) atoms. The molecule has 8 heteroatoms. The molecule has 0 saturated heterocycles. The van der Waals surface area contributed by atoms with E-state index in [-0.39, 0.29) is 23.7 Å². The molecule has 2 rings (SSSR count). The monoisotopic (exact) mass is 357 g/mol. The zero-order valence-corrected chi connectivity index (χ0v) is 14.2. The summed E-state index contributed by atoms with van der Waals surface area (Å²) >= 11 is 6.08. The van der Waals surface area contributed by atoms with E-state index in [0.717, 1.165) is 6.07 Å². The van der Waals surface area contributed by atoms with Crippen LogP contribution in [0.25, 0.3) is 0 Å². The van der Waals surface area contributed by atoms with Crippen molar-refractivity contribution in [1.29, 1.82) is 0 Å². The molecule has 1 aromatic heterocycles. The number of aromatic carboxylic acids is 1. The number of halogens is 1. The van der Waals surface area contributed by atoms with Gasteiger partial charge in [-0.2, -0.15) is 4.31 Å². The Morgan fingerprint density at radius 3 is 2.52 bits per heavy atom. The number of rotatable bonds is 6. The first-order valence-electron chi connectivity index (χ1n) is 6.84. The number of carboxylic acids is 1. The molecule has 1 aromatic carbocycles. The summed E-state index contributed by atoms with van der Waals surface area (Å²) in [5.41, 5.74) is 0.666. The van der Waals surface area contributed by atoms with E-state index in [1.807, 2.05) is 0 Å². The third-order valence-corrected chi connectivity index (χ3v) is 5.76. The highest BCUT2D eigenvalue weighted by atomic mass is 35.5. The van der Waals surface area contributed by atoms with E-state index >= 15 is 0 Å². The number of carboxylic acid groups (broad SMARTS) is 1. The van der Waals surface area contributed by atoms with Crippen LogP contribution in [0.2, 0.25) is 5.02 Å². The van der Waals surface area contributed by atoms with Gasteiger partial charge in [0.2, 0.25) is 15.8 Å². The summed E-state index contributed by atoms with van der Waals surface area (Å²) in [6.45, 7) is 3.41. The Morgan fingerprint density at radius 1 is 1.35 bits per heavy atom. The lowest BCUT2D eigenvalue weighted by Crippen LogP contribution is -2.30. The second-order valence-electron chi connectivity index (χ2n) is 4.86. The van der Waals surface area contributed by atoms with Crippen LogP contribution in [0.4, 0.5) is 0 Å². The minimum absolute atomic E-state index is 0.0417. The number of furan rings is 1. The van der Waals surface area contributed by atoms with E-state index in [9.17, 15) is 13.2 Å². The minimum Gasteiger partial charge on any atom is -0.475 e. The summed E-state index contributed by atoms with van der Waals surface area (Å²) < 4.78 is 31.8. The lowest BCUT2D eigenvalue weighted by Gasteiger charge is -2.20. The van der Waals surface area contributed by atoms with Crippen LogP contribution < -0.4 is 0 Å². The Balaban J connectivity index is 2.40. The third-order valence-electron chi connectivity index (χ3n) is 3.36. The molecule has 0 spiro atoms. The maximum atomic E-state index is 12.8. The summed E-state index contributed by atoms with van der Waals surface area (Å²) in [5.74, 6) is -1.68.